The van der Waals surface area contributed by atoms with Crippen molar-refractivity contribution >= 4 is 0 Å². The number of methoxy groups -OCH3 is 1. The van der Waals surface area contributed by atoms with E-state index in [9.17, 15) is 5.11 Å². The van der Waals surface area contributed by atoms with Crippen LogP contribution in [0.1, 0.15) is 18.8 Å². The fraction of sp³-hybridized carbons (Fsp3) is 0.571. The monoisotopic (exact) mass is 266 g/mol. The topological polar surface area (TPSA) is 57.2 Å². The molecule has 19 heavy (non-hydrogen) atoms. The molecule has 1 aromatic rings. The summed E-state index contributed by atoms with van der Waals surface area (Å²) in [6.07, 6.45) is -2.91. The number of rotatable bonds is 2. The van der Waals surface area contributed by atoms with Crippen molar-refractivity contribution in [1.82, 2.24) is 0 Å². The van der Waals surface area contributed by atoms with Gasteiger partial charge in [0.05, 0.1) is 6.10 Å². The summed E-state index contributed by atoms with van der Waals surface area (Å²) < 4.78 is 22.5. The SMILES string of the molecule is CO[C@@H]1O[C@@H](C)[C@H](O)[C@H]2OC(c3ccccc3)O[C@@H]12. The van der Waals surface area contributed by atoms with E-state index < -0.39 is 30.9 Å². The minimum atomic E-state index is -0.717. The van der Waals surface area contributed by atoms with E-state index in [1.54, 1.807) is 14.0 Å². The molecular formula is C14H18O5. The molecule has 2 aliphatic heterocycles. The highest BCUT2D eigenvalue weighted by Crippen LogP contribution is 2.38. The normalized spacial score (nSPS) is 42.1. The molecule has 1 aromatic carbocycles. The molecule has 5 heteroatoms. The van der Waals surface area contributed by atoms with Crippen LogP contribution in [0.2, 0.25) is 0 Å². The predicted octanol–water partition coefficient (Wildman–Crippen LogP) is 1.22. The van der Waals surface area contributed by atoms with Gasteiger partial charge in [0.2, 0.25) is 0 Å². The molecule has 0 amide bonds. The van der Waals surface area contributed by atoms with E-state index >= 15 is 0 Å². The fourth-order valence-corrected chi connectivity index (χ4v) is 2.56. The average molecular weight is 266 g/mol. The first-order valence-corrected chi connectivity index (χ1v) is 6.43. The summed E-state index contributed by atoms with van der Waals surface area (Å²) in [5.41, 5.74) is 0.923. The van der Waals surface area contributed by atoms with Crippen molar-refractivity contribution in [1.29, 1.82) is 0 Å². The Morgan fingerprint density at radius 3 is 2.42 bits per heavy atom. The molecule has 1 unspecified atom stereocenters. The van der Waals surface area contributed by atoms with Crippen LogP contribution < -0.4 is 0 Å². The van der Waals surface area contributed by atoms with Gasteiger partial charge < -0.3 is 24.1 Å². The fourth-order valence-electron chi connectivity index (χ4n) is 2.56. The Hall–Kier alpha value is -0.980. The number of aliphatic hydroxyl groups excluding tert-OH is 1. The summed E-state index contributed by atoms with van der Waals surface area (Å²) >= 11 is 0. The van der Waals surface area contributed by atoms with Crippen molar-refractivity contribution in [2.45, 2.75) is 43.9 Å². The van der Waals surface area contributed by atoms with Crippen molar-refractivity contribution in [2.24, 2.45) is 0 Å². The minimum Gasteiger partial charge on any atom is -0.388 e. The quantitative estimate of drug-likeness (QED) is 0.872. The van der Waals surface area contributed by atoms with Gasteiger partial charge in [0.25, 0.3) is 0 Å². The second-order valence-corrected chi connectivity index (χ2v) is 4.88. The highest BCUT2D eigenvalue weighted by atomic mass is 16.8. The number of ether oxygens (including phenoxy) is 4. The Bertz CT molecular complexity index is 417. The number of aliphatic hydroxyl groups is 1. The lowest BCUT2D eigenvalue weighted by Gasteiger charge is -2.37. The zero-order valence-electron chi connectivity index (χ0n) is 10.9. The van der Waals surface area contributed by atoms with Crippen molar-refractivity contribution < 1.29 is 24.1 Å². The third-order valence-electron chi connectivity index (χ3n) is 3.62. The van der Waals surface area contributed by atoms with Crippen LogP contribution in [0.5, 0.6) is 0 Å². The Morgan fingerprint density at radius 2 is 1.74 bits per heavy atom. The second-order valence-electron chi connectivity index (χ2n) is 4.88. The Morgan fingerprint density at radius 1 is 1.05 bits per heavy atom. The van der Waals surface area contributed by atoms with E-state index in [2.05, 4.69) is 0 Å². The van der Waals surface area contributed by atoms with E-state index in [1.807, 2.05) is 30.3 Å². The third-order valence-corrected chi connectivity index (χ3v) is 3.62. The van der Waals surface area contributed by atoms with Crippen molar-refractivity contribution in [3.8, 4) is 0 Å². The first kappa shape index (κ1) is 13.0. The molecule has 0 aliphatic carbocycles. The Balaban J connectivity index is 1.81. The zero-order chi connectivity index (χ0) is 13.4. The van der Waals surface area contributed by atoms with Crippen LogP contribution in [0.3, 0.4) is 0 Å². The molecular weight excluding hydrogens is 248 g/mol. The van der Waals surface area contributed by atoms with Crippen LogP contribution >= 0.6 is 0 Å². The van der Waals surface area contributed by atoms with Crippen molar-refractivity contribution in [3.05, 3.63) is 35.9 Å². The molecule has 6 atom stereocenters. The van der Waals surface area contributed by atoms with Gasteiger partial charge in [-0.1, -0.05) is 30.3 Å². The first-order chi connectivity index (χ1) is 9.20. The summed E-state index contributed by atoms with van der Waals surface area (Å²) in [5, 5.41) is 10.1. The van der Waals surface area contributed by atoms with Crippen LogP contribution in [0.25, 0.3) is 0 Å². The maximum absolute atomic E-state index is 10.1. The molecule has 0 aromatic heterocycles. The van der Waals surface area contributed by atoms with Gasteiger partial charge in [-0.25, -0.2) is 0 Å². The lowest BCUT2D eigenvalue weighted by Crippen LogP contribution is -2.55. The molecule has 0 radical (unpaired) electrons. The standard InChI is InChI=1S/C14H18O5/c1-8-10(15)11-12(14(16-2)17-8)19-13(18-11)9-6-4-3-5-7-9/h3-8,10-15H,1-2H3/t8-,10-,11+,12+,13?,14+/m0/s1. The van der Waals surface area contributed by atoms with Gasteiger partial charge in [0.1, 0.15) is 18.3 Å². The van der Waals surface area contributed by atoms with Gasteiger partial charge >= 0.3 is 0 Å². The maximum Gasteiger partial charge on any atom is 0.186 e. The Labute approximate surface area is 112 Å². The van der Waals surface area contributed by atoms with Crippen molar-refractivity contribution in [2.75, 3.05) is 7.11 Å². The smallest absolute Gasteiger partial charge is 0.186 e. The molecule has 3 rings (SSSR count). The Kier molecular flexibility index (Phi) is 3.56. The minimum absolute atomic E-state index is 0.343. The molecule has 0 bridgehead atoms. The summed E-state index contributed by atoms with van der Waals surface area (Å²) in [4.78, 5) is 0. The summed E-state index contributed by atoms with van der Waals surface area (Å²) in [6.45, 7) is 1.80. The van der Waals surface area contributed by atoms with Crippen LogP contribution in [-0.2, 0) is 18.9 Å². The molecule has 104 valence electrons. The predicted molar refractivity (Wildman–Crippen MR) is 66.3 cm³/mol. The van der Waals surface area contributed by atoms with E-state index in [1.165, 1.54) is 0 Å². The van der Waals surface area contributed by atoms with Crippen LogP contribution in [-0.4, -0.2) is 42.9 Å². The number of fused-ring (bicyclic) bond motifs is 1. The second kappa shape index (κ2) is 5.19. The van der Waals surface area contributed by atoms with Crippen LogP contribution in [0, 0.1) is 0 Å². The molecule has 2 aliphatic rings. The molecule has 5 nitrogen and oxygen atoms in total. The van der Waals surface area contributed by atoms with Crippen LogP contribution in [0.4, 0.5) is 0 Å². The number of hydrogen-bond acceptors (Lipinski definition) is 5. The lowest BCUT2D eigenvalue weighted by atomic mass is 10.0. The number of hydrogen-bond donors (Lipinski definition) is 1. The molecule has 0 spiro atoms. The van der Waals surface area contributed by atoms with Gasteiger partial charge in [-0.15, -0.1) is 0 Å². The molecule has 2 fully saturated rings. The van der Waals surface area contributed by atoms with Gasteiger partial charge in [-0.3, -0.25) is 0 Å². The highest BCUT2D eigenvalue weighted by Gasteiger charge is 2.51. The third kappa shape index (κ3) is 2.28. The van der Waals surface area contributed by atoms with E-state index in [4.69, 9.17) is 18.9 Å². The van der Waals surface area contributed by atoms with Gasteiger partial charge in [-0.05, 0) is 6.92 Å². The molecule has 2 heterocycles. The lowest BCUT2D eigenvalue weighted by molar-refractivity contribution is -0.261. The summed E-state index contributed by atoms with van der Waals surface area (Å²) in [7, 11) is 1.56. The number of benzene rings is 1. The highest BCUT2D eigenvalue weighted by molar-refractivity contribution is 5.17. The molecule has 0 saturated carbocycles. The van der Waals surface area contributed by atoms with E-state index in [0.29, 0.717) is 0 Å². The zero-order valence-corrected chi connectivity index (χ0v) is 10.9. The van der Waals surface area contributed by atoms with Gasteiger partial charge in [0.15, 0.2) is 12.6 Å². The summed E-state index contributed by atoms with van der Waals surface area (Å²) in [5.74, 6) is 0. The maximum atomic E-state index is 10.1. The largest absolute Gasteiger partial charge is 0.388 e. The molecule has 1 N–H and O–H groups in total. The van der Waals surface area contributed by atoms with Crippen molar-refractivity contribution in [3.63, 3.8) is 0 Å². The molecule has 2 saturated heterocycles. The van der Waals surface area contributed by atoms with E-state index in [-0.39, 0.29) is 6.10 Å². The van der Waals surface area contributed by atoms with Crippen LogP contribution in [0.15, 0.2) is 30.3 Å². The van der Waals surface area contributed by atoms with E-state index in [0.717, 1.165) is 5.56 Å². The average Bonchev–Trinajstić information content (AvgIpc) is 2.89. The first-order valence-electron chi connectivity index (χ1n) is 6.43. The van der Waals surface area contributed by atoms with Gasteiger partial charge in [0, 0.05) is 12.7 Å². The van der Waals surface area contributed by atoms with Gasteiger partial charge in [-0.2, -0.15) is 0 Å². The summed E-state index contributed by atoms with van der Waals surface area (Å²) in [6, 6.07) is 9.64.